The largest absolute Gasteiger partial charge is 0.347 e. The molecule has 0 aromatic heterocycles. The zero-order valence-electron chi connectivity index (χ0n) is 19.3. The third kappa shape index (κ3) is 2.32. The van der Waals surface area contributed by atoms with Crippen LogP contribution < -0.4 is 0 Å². The van der Waals surface area contributed by atoms with Gasteiger partial charge in [0.25, 0.3) is 0 Å². The highest BCUT2D eigenvalue weighted by molar-refractivity contribution is 5.84. The first-order valence-electron chi connectivity index (χ1n) is 12.8. The maximum Gasteiger partial charge on any atom is 0.172 e. The van der Waals surface area contributed by atoms with Gasteiger partial charge in [-0.05, 0) is 86.4 Å². The van der Waals surface area contributed by atoms with E-state index in [4.69, 9.17) is 9.47 Å². The second-order valence-corrected chi connectivity index (χ2v) is 12.2. The van der Waals surface area contributed by atoms with Gasteiger partial charge in [0.05, 0.1) is 13.2 Å². The third-order valence-corrected chi connectivity index (χ3v) is 11.6. The fourth-order valence-electron chi connectivity index (χ4n) is 10.1. The standard InChI is InChI=1S/C27H40O3/c1-18(28)27-10-5-4-6-19(27)16-23-21-8-7-20-17-26(29-14-15-30-26)13-12-24(20,2)22(21)9-11-25(23,27)3/h7,19,21-23H,4-6,8-17H2,1-3H3. The fraction of sp³-hybridized carbons (Fsp3) is 0.889. The number of hydrogen-bond donors (Lipinski definition) is 0. The van der Waals surface area contributed by atoms with Crippen molar-refractivity contribution in [2.75, 3.05) is 13.2 Å². The van der Waals surface area contributed by atoms with Crippen molar-refractivity contribution < 1.29 is 14.3 Å². The quantitative estimate of drug-likeness (QED) is 0.491. The number of carbonyl (C=O) groups excluding carboxylic acids is 1. The molecule has 3 heteroatoms. The highest BCUT2D eigenvalue weighted by Crippen LogP contribution is 2.74. The van der Waals surface area contributed by atoms with Crippen LogP contribution in [-0.4, -0.2) is 24.8 Å². The minimum Gasteiger partial charge on any atom is -0.347 e. The predicted molar refractivity (Wildman–Crippen MR) is 117 cm³/mol. The molecule has 0 aromatic carbocycles. The van der Waals surface area contributed by atoms with E-state index in [0.29, 0.717) is 17.1 Å². The zero-order valence-corrected chi connectivity index (χ0v) is 19.3. The number of ether oxygens (including phenoxy) is 2. The average Bonchev–Trinajstić information content (AvgIpc) is 3.29. The minimum absolute atomic E-state index is 0.0199. The number of carbonyl (C=O) groups is 1. The van der Waals surface area contributed by atoms with Gasteiger partial charge >= 0.3 is 0 Å². The second kappa shape index (κ2) is 6.44. The highest BCUT2D eigenvalue weighted by Gasteiger charge is 2.69. The van der Waals surface area contributed by atoms with Crippen molar-refractivity contribution in [2.45, 2.75) is 97.2 Å². The van der Waals surface area contributed by atoms with Gasteiger partial charge in [0.15, 0.2) is 5.79 Å². The first-order chi connectivity index (χ1) is 14.3. The Labute approximate surface area is 182 Å². The van der Waals surface area contributed by atoms with Crippen molar-refractivity contribution in [1.82, 2.24) is 0 Å². The summed E-state index contributed by atoms with van der Waals surface area (Å²) in [6.07, 6.45) is 16.0. The molecule has 30 heavy (non-hydrogen) atoms. The molecule has 1 spiro atoms. The summed E-state index contributed by atoms with van der Waals surface area (Å²) >= 11 is 0. The molecular formula is C27H40O3. The molecule has 1 heterocycles. The van der Waals surface area contributed by atoms with Crippen molar-refractivity contribution in [1.29, 1.82) is 0 Å². The van der Waals surface area contributed by atoms with E-state index < -0.39 is 0 Å². The van der Waals surface area contributed by atoms with E-state index in [-0.39, 0.29) is 16.6 Å². The first kappa shape index (κ1) is 20.0. The summed E-state index contributed by atoms with van der Waals surface area (Å²) in [7, 11) is 0. The van der Waals surface area contributed by atoms with Crippen molar-refractivity contribution in [3.63, 3.8) is 0 Å². The van der Waals surface area contributed by atoms with Gasteiger partial charge in [0, 0.05) is 18.3 Å². The van der Waals surface area contributed by atoms with Gasteiger partial charge in [-0.3, -0.25) is 4.79 Å². The molecule has 5 aliphatic carbocycles. The molecule has 0 aromatic rings. The molecule has 1 saturated heterocycles. The zero-order chi connectivity index (χ0) is 20.8. The smallest absolute Gasteiger partial charge is 0.172 e. The van der Waals surface area contributed by atoms with Crippen molar-refractivity contribution >= 4 is 5.78 Å². The van der Waals surface area contributed by atoms with Crippen LogP contribution in [0.25, 0.3) is 0 Å². The number of allylic oxidation sites excluding steroid dienone is 1. The summed E-state index contributed by atoms with van der Waals surface area (Å²) in [6, 6.07) is 0. The molecule has 1 aliphatic heterocycles. The van der Waals surface area contributed by atoms with Crippen LogP contribution in [0.3, 0.4) is 0 Å². The van der Waals surface area contributed by atoms with Gasteiger partial charge in [0.1, 0.15) is 5.78 Å². The Kier molecular flexibility index (Phi) is 4.29. The van der Waals surface area contributed by atoms with Gasteiger partial charge in [-0.15, -0.1) is 0 Å². The van der Waals surface area contributed by atoms with E-state index >= 15 is 0 Å². The molecule has 0 N–H and O–H groups in total. The fourth-order valence-corrected chi connectivity index (χ4v) is 10.1. The Bertz CT molecular complexity index is 779. The van der Waals surface area contributed by atoms with Gasteiger partial charge < -0.3 is 9.47 Å². The molecular weight excluding hydrogens is 372 g/mol. The van der Waals surface area contributed by atoms with Crippen molar-refractivity contribution in [3.05, 3.63) is 11.6 Å². The molecule has 0 bridgehead atoms. The summed E-state index contributed by atoms with van der Waals surface area (Å²) in [6.45, 7) is 8.54. The van der Waals surface area contributed by atoms with Crippen LogP contribution in [0.15, 0.2) is 11.6 Å². The minimum atomic E-state index is -0.317. The summed E-state index contributed by atoms with van der Waals surface area (Å²) in [5.41, 5.74) is 2.13. The molecule has 3 nitrogen and oxygen atoms in total. The number of rotatable bonds is 1. The van der Waals surface area contributed by atoms with E-state index in [1.165, 1.54) is 51.4 Å². The molecule has 0 amide bonds. The Morgan fingerprint density at radius 3 is 2.57 bits per heavy atom. The monoisotopic (exact) mass is 412 g/mol. The number of fused-ring (bicyclic) bond motifs is 7. The maximum atomic E-state index is 13.2. The van der Waals surface area contributed by atoms with Gasteiger partial charge in [-0.25, -0.2) is 0 Å². The lowest BCUT2D eigenvalue weighted by molar-refractivity contribution is -0.186. The van der Waals surface area contributed by atoms with Crippen molar-refractivity contribution in [3.8, 4) is 0 Å². The molecule has 7 unspecified atom stereocenters. The van der Waals surface area contributed by atoms with Crippen LogP contribution in [-0.2, 0) is 14.3 Å². The van der Waals surface area contributed by atoms with Gasteiger partial charge in [-0.2, -0.15) is 0 Å². The van der Waals surface area contributed by atoms with Crippen LogP contribution in [0.5, 0.6) is 0 Å². The number of Topliss-reactive ketones (excluding diaryl/α,β-unsaturated/α-hetero) is 1. The van der Waals surface area contributed by atoms with E-state index in [0.717, 1.165) is 50.2 Å². The summed E-state index contributed by atoms with van der Waals surface area (Å²) in [4.78, 5) is 13.2. The molecule has 166 valence electrons. The lowest BCUT2D eigenvalue weighted by atomic mass is 9.44. The lowest BCUT2D eigenvalue weighted by Crippen LogP contribution is -2.56. The van der Waals surface area contributed by atoms with Crippen LogP contribution in [0.2, 0.25) is 0 Å². The lowest BCUT2D eigenvalue weighted by Gasteiger charge is -2.60. The second-order valence-electron chi connectivity index (χ2n) is 12.2. The predicted octanol–water partition coefficient (Wildman–Crippen LogP) is 6.07. The Balaban J connectivity index is 1.35. The molecule has 4 saturated carbocycles. The van der Waals surface area contributed by atoms with Crippen LogP contribution in [0.4, 0.5) is 0 Å². The average molecular weight is 413 g/mol. The Morgan fingerprint density at radius 1 is 1.00 bits per heavy atom. The number of ketones is 1. The van der Waals surface area contributed by atoms with Crippen LogP contribution in [0.1, 0.15) is 91.4 Å². The van der Waals surface area contributed by atoms with Crippen LogP contribution in [0, 0.1) is 39.9 Å². The van der Waals surface area contributed by atoms with E-state index in [9.17, 15) is 4.79 Å². The topological polar surface area (TPSA) is 35.5 Å². The molecule has 6 rings (SSSR count). The summed E-state index contributed by atoms with van der Waals surface area (Å²) < 4.78 is 12.2. The third-order valence-electron chi connectivity index (χ3n) is 11.6. The van der Waals surface area contributed by atoms with E-state index in [2.05, 4.69) is 19.9 Å². The normalized spacial score (nSPS) is 51.5. The van der Waals surface area contributed by atoms with Gasteiger partial charge in [0.2, 0.25) is 0 Å². The Morgan fingerprint density at radius 2 is 1.80 bits per heavy atom. The highest BCUT2D eigenvalue weighted by atomic mass is 16.7. The van der Waals surface area contributed by atoms with Crippen molar-refractivity contribution in [2.24, 2.45) is 39.9 Å². The SMILES string of the molecule is CC(=O)C12CCCCC1CC1C3CC=C4CC5(CCC4(C)C3CCC12C)OCCO5. The molecule has 5 fully saturated rings. The Hall–Kier alpha value is -0.670. The van der Waals surface area contributed by atoms with E-state index in [1.807, 2.05) is 6.92 Å². The van der Waals surface area contributed by atoms with Gasteiger partial charge in [-0.1, -0.05) is 38.3 Å². The maximum absolute atomic E-state index is 13.2. The molecule has 7 atom stereocenters. The summed E-state index contributed by atoms with van der Waals surface area (Å²) in [5.74, 6) is 3.11. The summed E-state index contributed by atoms with van der Waals surface area (Å²) in [5, 5.41) is 0. The number of hydrogen-bond acceptors (Lipinski definition) is 3. The van der Waals surface area contributed by atoms with Crippen LogP contribution >= 0.6 is 0 Å². The van der Waals surface area contributed by atoms with E-state index in [1.54, 1.807) is 5.57 Å². The molecule has 6 aliphatic rings. The molecule has 0 radical (unpaired) electrons. The first-order valence-corrected chi connectivity index (χ1v) is 12.8.